The van der Waals surface area contributed by atoms with Crippen molar-refractivity contribution in [3.05, 3.63) is 52.3 Å². The Kier molecular flexibility index (Phi) is 4.65. The standard InChI is InChI=1S/C18H17ClN4O2S/c19-12-7-15(21-9-12)18(25)23-4-1-2-13(23)10-22-17(24)11-6-16-14(20-8-11)3-5-26-16/h3,5-9,13,21H,1-2,4,10H2,(H,22,24)/t13-/m1/s1. The first-order valence-corrected chi connectivity index (χ1v) is 9.64. The van der Waals surface area contributed by atoms with Crippen LogP contribution in [0.1, 0.15) is 33.7 Å². The predicted octanol–water partition coefficient (Wildman–Crippen LogP) is 3.31. The first-order valence-electron chi connectivity index (χ1n) is 8.38. The summed E-state index contributed by atoms with van der Waals surface area (Å²) in [5.74, 6) is -0.259. The van der Waals surface area contributed by atoms with Crippen LogP contribution in [0.15, 0.2) is 36.0 Å². The van der Waals surface area contributed by atoms with E-state index in [1.165, 1.54) is 0 Å². The smallest absolute Gasteiger partial charge is 0.270 e. The third-order valence-electron chi connectivity index (χ3n) is 4.58. The van der Waals surface area contributed by atoms with Crippen LogP contribution in [0.25, 0.3) is 10.2 Å². The van der Waals surface area contributed by atoms with E-state index in [-0.39, 0.29) is 17.9 Å². The Bertz CT molecular complexity index is 967. The molecule has 0 spiro atoms. The van der Waals surface area contributed by atoms with Crippen molar-refractivity contribution in [2.24, 2.45) is 0 Å². The number of hydrogen-bond donors (Lipinski definition) is 2. The topological polar surface area (TPSA) is 78.1 Å². The molecule has 0 bridgehead atoms. The molecule has 3 aromatic heterocycles. The number of aromatic amines is 1. The summed E-state index contributed by atoms with van der Waals surface area (Å²) in [7, 11) is 0. The number of nitrogens with zero attached hydrogens (tertiary/aromatic N) is 2. The molecule has 1 fully saturated rings. The molecule has 2 N–H and O–H groups in total. The van der Waals surface area contributed by atoms with Crippen LogP contribution in [0, 0.1) is 0 Å². The van der Waals surface area contributed by atoms with Crippen LogP contribution in [0.3, 0.4) is 0 Å². The lowest BCUT2D eigenvalue weighted by molar-refractivity contribution is 0.0720. The van der Waals surface area contributed by atoms with Crippen LogP contribution in [0.2, 0.25) is 5.02 Å². The van der Waals surface area contributed by atoms with Gasteiger partial charge in [0, 0.05) is 31.5 Å². The van der Waals surface area contributed by atoms with Gasteiger partial charge in [0.25, 0.3) is 11.8 Å². The van der Waals surface area contributed by atoms with Gasteiger partial charge in [-0.2, -0.15) is 0 Å². The monoisotopic (exact) mass is 388 g/mol. The van der Waals surface area contributed by atoms with Crippen LogP contribution >= 0.6 is 22.9 Å². The third kappa shape index (κ3) is 3.32. The zero-order valence-corrected chi connectivity index (χ0v) is 15.4. The second kappa shape index (κ2) is 7.09. The van der Waals surface area contributed by atoms with Crippen LogP contribution in [0.4, 0.5) is 0 Å². The number of halogens is 1. The van der Waals surface area contributed by atoms with Crippen LogP contribution in [-0.4, -0.2) is 45.8 Å². The Morgan fingerprint density at radius 1 is 1.42 bits per heavy atom. The van der Waals surface area contributed by atoms with Gasteiger partial charge in [0.1, 0.15) is 5.69 Å². The van der Waals surface area contributed by atoms with E-state index in [1.54, 1.807) is 34.7 Å². The fraction of sp³-hybridized carbons (Fsp3) is 0.278. The highest BCUT2D eigenvalue weighted by molar-refractivity contribution is 7.17. The van der Waals surface area contributed by atoms with Gasteiger partial charge < -0.3 is 15.2 Å². The molecular weight excluding hydrogens is 372 g/mol. The molecule has 1 atom stereocenters. The van der Waals surface area contributed by atoms with Gasteiger partial charge >= 0.3 is 0 Å². The maximum Gasteiger partial charge on any atom is 0.270 e. The molecule has 4 rings (SSSR count). The van der Waals surface area contributed by atoms with Gasteiger partial charge in [-0.25, -0.2) is 0 Å². The predicted molar refractivity (Wildman–Crippen MR) is 102 cm³/mol. The zero-order chi connectivity index (χ0) is 18.1. The van der Waals surface area contributed by atoms with Gasteiger partial charge in [-0.05, 0) is 36.4 Å². The Balaban J connectivity index is 1.41. The van der Waals surface area contributed by atoms with Crippen molar-refractivity contribution in [2.45, 2.75) is 18.9 Å². The summed E-state index contributed by atoms with van der Waals surface area (Å²) in [6.07, 6.45) is 4.96. The summed E-state index contributed by atoms with van der Waals surface area (Å²) >= 11 is 7.44. The molecule has 0 unspecified atom stereocenters. The summed E-state index contributed by atoms with van der Waals surface area (Å²) in [5.41, 5.74) is 1.90. The number of fused-ring (bicyclic) bond motifs is 1. The highest BCUT2D eigenvalue weighted by Crippen LogP contribution is 2.22. The van der Waals surface area contributed by atoms with E-state index >= 15 is 0 Å². The van der Waals surface area contributed by atoms with E-state index in [4.69, 9.17) is 11.6 Å². The van der Waals surface area contributed by atoms with Crippen molar-refractivity contribution < 1.29 is 9.59 Å². The summed E-state index contributed by atoms with van der Waals surface area (Å²) in [6, 6.07) is 5.38. The number of thiophene rings is 1. The Morgan fingerprint density at radius 2 is 2.31 bits per heavy atom. The average Bonchev–Trinajstić information content (AvgIpc) is 3.38. The van der Waals surface area contributed by atoms with Crippen LogP contribution in [0.5, 0.6) is 0 Å². The van der Waals surface area contributed by atoms with Crippen molar-refractivity contribution >= 4 is 45.0 Å². The van der Waals surface area contributed by atoms with Crippen molar-refractivity contribution in [1.29, 1.82) is 0 Å². The number of nitrogens with one attached hydrogen (secondary N) is 2. The van der Waals surface area contributed by atoms with Gasteiger partial charge in [0.2, 0.25) is 0 Å². The second-order valence-corrected chi connectivity index (χ2v) is 7.65. The molecule has 0 aliphatic carbocycles. The molecule has 8 heteroatoms. The van der Waals surface area contributed by atoms with E-state index in [2.05, 4.69) is 15.3 Å². The van der Waals surface area contributed by atoms with Gasteiger partial charge in [0.15, 0.2) is 0 Å². The Hall–Kier alpha value is -2.38. The number of pyridine rings is 1. The minimum absolute atomic E-state index is 0.0213. The summed E-state index contributed by atoms with van der Waals surface area (Å²) < 4.78 is 0.985. The number of carbonyl (C=O) groups is 2. The number of rotatable bonds is 4. The van der Waals surface area contributed by atoms with E-state index in [9.17, 15) is 9.59 Å². The van der Waals surface area contributed by atoms with Crippen LogP contribution in [-0.2, 0) is 0 Å². The number of likely N-dealkylation sites (tertiary alicyclic amines) is 1. The molecule has 0 saturated carbocycles. The lowest BCUT2D eigenvalue weighted by Gasteiger charge is -2.24. The van der Waals surface area contributed by atoms with E-state index in [0.29, 0.717) is 29.4 Å². The van der Waals surface area contributed by atoms with Crippen molar-refractivity contribution in [3.8, 4) is 0 Å². The number of hydrogen-bond acceptors (Lipinski definition) is 4. The molecule has 6 nitrogen and oxygen atoms in total. The molecule has 134 valence electrons. The van der Waals surface area contributed by atoms with E-state index in [1.807, 2.05) is 17.5 Å². The molecule has 26 heavy (non-hydrogen) atoms. The largest absolute Gasteiger partial charge is 0.356 e. The number of aromatic nitrogens is 2. The van der Waals surface area contributed by atoms with Crippen molar-refractivity contribution in [3.63, 3.8) is 0 Å². The number of amides is 2. The molecular formula is C18H17ClN4O2S. The first-order chi connectivity index (χ1) is 12.6. The van der Waals surface area contributed by atoms with E-state index < -0.39 is 0 Å². The highest BCUT2D eigenvalue weighted by atomic mass is 35.5. The van der Waals surface area contributed by atoms with Gasteiger partial charge in [-0.3, -0.25) is 14.6 Å². The van der Waals surface area contributed by atoms with Gasteiger partial charge in [0.05, 0.1) is 20.8 Å². The van der Waals surface area contributed by atoms with Gasteiger partial charge in [-0.15, -0.1) is 11.3 Å². The maximum absolute atomic E-state index is 12.6. The summed E-state index contributed by atoms with van der Waals surface area (Å²) in [5, 5.41) is 5.40. The molecule has 1 aliphatic rings. The zero-order valence-electron chi connectivity index (χ0n) is 13.9. The highest BCUT2D eigenvalue weighted by Gasteiger charge is 2.30. The van der Waals surface area contributed by atoms with Crippen LogP contribution < -0.4 is 5.32 Å². The lowest BCUT2D eigenvalue weighted by Crippen LogP contribution is -2.43. The van der Waals surface area contributed by atoms with Crippen molar-refractivity contribution in [2.75, 3.05) is 13.1 Å². The quantitative estimate of drug-likeness (QED) is 0.719. The normalized spacial score (nSPS) is 17.0. The Morgan fingerprint density at radius 3 is 3.12 bits per heavy atom. The maximum atomic E-state index is 12.6. The summed E-state index contributed by atoms with van der Waals surface area (Å²) in [6.45, 7) is 1.10. The first kappa shape index (κ1) is 17.1. The molecule has 1 aliphatic heterocycles. The van der Waals surface area contributed by atoms with Gasteiger partial charge in [-0.1, -0.05) is 11.6 Å². The summed E-state index contributed by atoms with van der Waals surface area (Å²) in [4.78, 5) is 34.0. The van der Waals surface area contributed by atoms with E-state index in [0.717, 1.165) is 23.1 Å². The number of H-pyrrole nitrogens is 1. The SMILES string of the molecule is O=C(NC[C@H]1CCCN1C(=O)c1cc(Cl)c[nH]1)c1cnc2ccsc2c1. The molecule has 1 saturated heterocycles. The fourth-order valence-electron chi connectivity index (χ4n) is 3.24. The Labute approximate surface area is 159 Å². The average molecular weight is 389 g/mol. The second-order valence-electron chi connectivity index (χ2n) is 6.26. The third-order valence-corrected chi connectivity index (χ3v) is 5.65. The fourth-order valence-corrected chi connectivity index (χ4v) is 4.19. The number of carbonyl (C=O) groups excluding carboxylic acids is 2. The van der Waals surface area contributed by atoms with Crippen molar-refractivity contribution in [1.82, 2.24) is 20.2 Å². The lowest BCUT2D eigenvalue weighted by atomic mass is 10.2. The minimum atomic E-state index is -0.171. The molecule has 3 aromatic rings. The molecule has 0 aromatic carbocycles. The molecule has 2 amide bonds. The minimum Gasteiger partial charge on any atom is -0.356 e. The molecule has 4 heterocycles. The molecule has 0 radical (unpaired) electrons.